The molecular weight excluding hydrogens is 300 g/mol. The van der Waals surface area contributed by atoms with Crippen LogP contribution in [0.25, 0.3) is 0 Å². The van der Waals surface area contributed by atoms with E-state index in [-0.39, 0.29) is 16.9 Å². The Morgan fingerprint density at radius 1 is 1.21 bits per heavy atom. The van der Waals surface area contributed by atoms with E-state index >= 15 is 0 Å². The van der Waals surface area contributed by atoms with Crippen LogP contribution in [0.4, 0.5) is 0 Å². The molecule has 2 aliphatic heterocycles. The van der Waals surface area contributed by atoms with E-state index < -0.39 is 0 Å². The Kier molecular flexibility index (Phi) is 4.36. The fraction of sp³-hybridized carbons (Fsp3) is 0.500. The highest BCUT2D eigenvalue weighted by Gasteiger charge is 2.44. The molecule has 3 rings (SSSR count). The molecule has 1 fully saturated rings. The SMILES string of the molecule is CC(C)(C)C1=NOC2(CCN(C(=O)C#Cc3ccccc3)CC2)C1. The van der Waals surface area contributed by atoms with Crippen molar-refractivity contribution in [3.63, 3.8) is 0 Å². The van der Waals surface area contributed by atoms with Crippen LogP contribution in [0.5, 0.6) is 0 Å². The largest absolute Gasteiger partial charge is 0.389 e. The topological polar surface area (TPSA) is 41.9 Å². The molecule has 126 valence electrons. The number of piperidine rings is 1. The van der Waals surface area contributed by atoms with Gasteiger partial charge in [-0.3, -0.25) is 4.79 Å². The second-order valence-electron chi connectivity index (χ2n) is 7.65. The fourth-order valence-electron chi connectivity index (χ4n) is 3.04. The Morgan fingerprint density at radius 2 is 1.88 bits per heavy atom. The molecule has 1 amide bonds. The lowest BCUT2D eigenvalue weighted by Crippen LogP contribution is -2.46. The van der Waals surface area contributed by atoms with E-state index in [9.17, 15) is 4.79 Å². The summed E-state index contributed by atoms with van der Waals surface area (Å²) in [7, 11) is 0. The predicted octanol–water partition coefficient (Wildman–Crippen LogP) is 3.22. The normalized spacial score (nSPS) is 19.3. The monoisotopic (exact) mass is 324 g/mol. The maximum absolute atomic E-state index is 12.3. The van der Waals surface area contributed by atoms with Gasteiger partial charge in [0.2, 0.25) is 0 Å². The van der Waals surface area contributed by atoms with Crippen molar-refractivity contribution in [3.8, 4) is 11.8 Å². The molecule has 0 saturated carbocycles. The summed E-state index contributed by atoms with van der Waals surface area (Å²) < 4.78 is 0. The van der Waals surface area contributed by atoms with Gasteiger partial charge in [0.1, 0.15) is 5.60 Å². The minimum atomic E-state index is -0.216. The lowest BCUT2D eigenvalue weighted by molar-refractivity contribution is -0.130. The third kappa shape index (κ3) is 3.62. The Hall–Kier alpha value is -2.28. The molecule has 1 aromatic rings. The van der Waals surface area contributed by atoms with Crippen molar-refractivity contribution in [3.05, 3.63) is 35.9 Å². The summed E-state index contributed by atoms with van der Waals surface area (Å²) >= 11 is 0. The molecule has 0 atom stereocenters. The number of hydrogen-bond acceptors (Lipinski definition) is 3. The molecule has 1 spiro atoms. The molecule has 2 aliphatic rings. The minimum Gasteiger partial charge on any atom is -0.389 e. The number of amides is 1. The first-order valence-electron chi connectivity index (χ1n) is 8.50. The van der Waals surface area contributed by atoms with Crippen molar-refractivity contribution in [2.45, 2.75) is 45.6 Å². The predicted molar refractivity (Wildman–Crippen MR) is 94.5 cm³/mol. The van der Waals surface area contributed by atoms with Crippen LogP contribution in [0.15, 0.2) is 35.5 Å². The maximum atomic E-state index is 12.3. The highest BCUT2D eigenvalue weighted by molar-refractivity contribution is 5.94. The molecular formula is C20H24N2O2. The van der Waals surface area contributed by atoms with Crippen molar-refractivity contribution in [2.24, 2.45) is 10.6 Å². The summed E-state index contributed by atoms with van der Waals surface area (Å²) in [6, 6.07) is 9.59. The summed E-state index contributed by atoms with van der Waals surface area (Å²) in [6.45, 7) is 7.83. The van der Waals surface area contributed by atoms with Crippen molar-refractivity contribution in [1.82, 2.24) is 4.90 Å². The zero-order valence-corrected chi connectivity index (χ0v) is 14.6. The molecule has 0 radical (unpaired) electrons. The number of nitrogens with zero attached hydrogens (tertiary/aromatic N) is 2. The first-order valence-corrected chi connectivity index (χ1v) is 8.50. The van der Waals surface area contributed by atoms with E-state index in [0.717, 1.165) is 30.5 Å². The number of rotatable bonds is 0. The zero-order chi connectivity index (χ0) is 17.2. The minimum absolute atomic E-state index is 0.0393. The van der Waals surface area contributed by atoms with Gasteiger partial charge in [-0.05, 0) is 12.1 Å². The van der Waals surface area contributed by atoms with Gasteiger partial charge in [0.05, 0.1) is 5.71 Å². The Balaban J connectivity index is 1.57. The Morgan fingerprint density at radius 3 is 2.46 bits per heavy atom. The molecule has 0 bridgehead atoms. The molecule has 0 N–H and O–H groups in total. The van der Waals surface area contributed by atoms with E-state index in [0.29, 0.717) is 13.1 Å². The molecule has 0 aromatic heterocycles. The first kappa shape index (κ1) is 16.6. The van der Waals surface area contributed by atoms with Crippen molar-refractivity contribution >= 4 is 11.6 Å². The van der Waals surface area contributed by atoms with E-state index in [1.807, 2.05) is 35.2 Å². The van der Waals surface area contributed by atoms with E-state index in [1.165, 1.54) is 0 Å². The summed E-state index contributed by atoms with van der Waals surface area (Å²) in [5, 5.41) is 4.32. The summed E-state index contributed by atoms with van der Waals surface area (Å²) in [6.07, 6.45) is 2.50. The Labute approximate surface area is 143 Å². The van der Waals surface area contributed by atoms with Crippen LogP contribution in [0.1, 0.15) is 45.6 Å². The molecule has 24 heavy (non-hydrogen) atoms. The molecule has 0 aliphatic carbocycles. The molecule has 2 heterocycles. The van der Waals surface area contributed by atoms with Crippen LogP contribution < -0.4 is 0 Å². The number of carbonyl (C=O) groups excluding carboxylic acids is 1. The average molecular weight is 324 g/mol. The number of hydrogen-bond donors (Lipinski definition) is 0. The second-order valence-corrected chi connectivity index (χ2v) is 7.65. The van der Waals surface area contributed by atoms with Crippen LogP contribution in [0.2, 0.25) is 0 Å². The molecule has 1 aromatic carbocycles. The molecule has 4 heteroatoms. The third-order valence-corrected chi connectivity index (χ3v) is 4.75. The smallest absolute Gasteiger partial charge is 0.298 e. The second kappa shape index (κ2) is 6.32. The van der Waals surface area contributed by atoms with Crippen LogP contribution in [0.3, 0.4) is 0 Å². The quantitative estimate of drug-likeness (QED) is 0.688. The number of benzene rings is 1. The third-order valence-electron chi connectivity index (χ3n) is 4.75. The lowest BCUT2D eigenvalue weighted by atomic mass is 9.79. The average Bonchev–Trinajstić information content (AvgIpc) is 2.98. The molecule has 0 unspecified atom stereocenters. The summed E-state index contributed by atoms with van der Waals surface area (Å²) in [5.41, 5.74) is 1.80. The van der Waals surface area contributed by atoms with Crippen molar-refractivity contribution in [1.29, 1.82) is 0 Å². The highest BCUT2D eigenvalue weighted by atomic mass is 16.7. The maximum Gasteiger partial charge on any atom is 0.298 e. The van der Waals surface area contributed by atoms with E-state index in [1.54, 1.807) is 0 Å². The molecule has 4 nitrogen and oxygen atoms in total. The number of likely N-dealkylation sites (tertiary alicyclic amines) is 1. The zero-order valence-electron chi connectivity index (χ0n) is 14.6. The summed E-state index contributed by atoms with van der Waals surface area (Å²) in [5.74, 6) is 5.58. The van der Waals surface area contributed by atoms with Gasteiger partial charge in [0, 0.05) is 49.3 Å². The van der Waals surface area contributed by atoms with Gasteiger partial charge in [-0.25, -0.2) is 0 Å². The first-order chi connectivity index (χ1) is 11.4. The van der Waals surface area contributed by atoms with Gasteiger partial charge in [-0.1, -0.05) is 50.0 Å². The van der Waals surface area contributed by atoms with Gasteiger partial charge in [0.15, 0.2) is 0 Å². The Bertz CT molecular complexity index is 697. The van der Waals surface area contributed by atoms with Gasteiger partial charge in [-0.2, -0.15) is 0 Å². The van der Waals surface area contributed by atoms with Crippen LogP contribution in [0, 0.1) is 17.3 Å². The standard InChI is InChI=1S/C20H24N2O2/c1-19(2,3)17-15-20(24-21-17)11-13-22(14-12-20)18(23)10-9-16-7-5-4-6-8-16/h4-8H,11-15H2,1-3H3. The van der Waals surface area contributed by atoms with Gasteiger partial charge in [-0.15, -0.1) is 0 Å². The number of carbonyl (C=O) groups is 1. The lowest BCUT2D eigenvalue weighted by Gasteiger charge is -2.36. The highest BCUT2D eigenvalue weighted by Crippen LogP contribution is 2.38. The fourth-order valence-corrected chi connectivity index (χ4v) is 3.04. The van der Waals surface area contributed by atoms with E-state index in [4.69, 9.17) is 4.84 Å². The molecule has 1 saturated heterocycles. The van der Waals surface area contributed by atoms with Gasteiger partial charge >= 0.3 is 0 Å². The van der Waals surface area contributed by atoms with Crippen LogP contribution in [-0.4, -0.2) is 35.2 Å². The van der Waals surface area contributed by atoms with Crippen LogP contribution >= 0.6 is 0 Å². The summed E-state index contributed by atoms with van der Waals surface area (Å²) in [4.78, 5) is 19.9. The van der Waals surface area contributed by atoms with Crippen LogP contribution in [-0.2, 0) is 9.63 Å². The van der Waals surface area contributed by atoms with Crippen molar-refractivity contribution < 1.29 is 9.63 Å². The van der Waals surface area contributed by atoms with Gasteiger partial charge in [0.25, 0.3) is 5.91 Å². The number of oxime groups is 1. The van der Waals surface area contributed by atoms with E-state index in [2.05, 4.69) is 37.8 Å². The van der Waals surface area contributed by atoms with Gasteiger partial charge < -0.3 is 9.74 Å². The van der Waals surface area contributed by atoms with Crippen molar-refractivity contribution in [2.75, 3.05) is 13.1 Å².